The van der Waals surface area contributed by atoms with Gasteiger partial charge in [0.05, 0.1) is 25.9 Å². The highest BCUT2D eigenvalue weighted by molar-refractivity contribution is 5.97. The van der Waals surface area contributed by atoms with Crippen LogP contribution in [0.1, 0.15) is 34.4 Å². The third-order valence-electron chi connectivity index (χ3n) is 4.91. The summed E-state index contributed by atoms with van der Waals surface area (Å²) in [6, 6.07) is 8.78. The number of aliphatic hydroxyl groups excluding tert-OH is 1. The molecule has 2 aromatic rings. The van der Waals surface area contributed by atoms with Gasteiger partial charge in [0.25, 0.3) is 11.8 Å². The molecule has 2 amide bonds. The van der Waals surface area contributed by atoms with Crippen molar-refractivity contribution in [1.82, 2.24) is 15.7 Å². The van der Waals surface area contributed by atoms with Crippen LogP contribution >= 0.6 is 0 Å². The van der Waals surface area contributed by atoms with E-state index in [2.05, 4.69) is 33.9 Å². The summed E-state index contributed by atoms with van der Waals surface area (Å²) >= 11 is 0. The Labute approximate surface area is 191 Å². The molecule has 1 aliphatic heterocycles. The van der Waals surface area contributed by atoms with Gasteiger partial charge in [-0.2, -0.15) is 0 Å². The van der Waals surface area contributed by atoms with Crippen LogP contribution in [0.5, 0.6) is 0 Å². The number of carbonyl (C=O) groups excluding carboxylic acids is 2. The summed E-state index contributed by atoms with van der Waals surface area (Å²) in [7, 11) is 0. The van der Waals surface area contributed by atoms with E-state index in [0.29, 0.717) is 11.3 Å². The molecule has 0 unspecified atom stereocenters. The fraction of sp³-hybridized carbons (Fsp3) is 0.333. The number of nitrogens with zero attached hydrogens (tertiary/aromatic N) is 1. The van der Waals surface area contributed by atoms with Crippen LogP contribution in [-0.2, 0) is 16.1 Å². The highest BCUT2D eigenvalue weighted by atomic mass is 16.5. The van der Waals surface area contributed by atoms with Crippen molar-refractivity contribution in [3.05, 3.63) is 59.0 Å². The van der Waals surface area contributed by atoms with Crippen LogP contribution in [0.4, 0.5) is 0 Å². The van der Waals surface area contributed by atoms with E-state index < -0.39 is 24.0 Å². The molecule has 0 radical (unpaired) electrons. The fourth-order valence-corrected chi connectivity index (χ4v) is 3.11. The van der Waals surface area contributed by atoms with E-state index in [0.717, 1.165) is 38.6 Å². The highest BCUT2D eigenvalue weighted by Crippen LogP contribution is 2.11. The summed E-state index contributed by atoms with van der Waals surface area (Å²) in [6.07, 6.45) is -1.19. The van der Waals surface area contributed by atoms with Crippen molar-refractivity contribution in [2.75, 3.05) is 26.3 Å². The SMILES string of the molecule is C[C@@H](O)[C@H](NC(=O)c1ccc(C#CC#Cc2ccc(CN3CCOCC3)o2)cc1)C(=O)NO. The number of furan rings is 1. The zero-order chi connectivity index (χ0) is 23.6. The average molecular weight is 451 g/mol. The monoisotopic (exact) mass is 451 g/mol. The zero-order valence-electron chi connectivity index (χ0n) is 18.1. The number of hydrogen-bond donors (Lipinski definition) is 4. The summed E-state index contributed by atoms with van der Waals surface area (Å²) in [4.78, 5) is 26.1. The first-order valence-corrected chi connectivity index (χ1v) is 10.4. The van der Waals surface area contributed by atoms with Gasteiger partial charge in [-0.25, -0.2) is 5.48 Å². The van der Waals surface area contributed by atoms with Crippen LogP contribution in [0.15, 0.2) is 40.8 Å². The van der Waals surface area contributed by atoms with Crippen molar-refractivity contribution >= 4 is 11.8 Å². The molecule has 1 aromatic heterocycles. The topological polar surface area (TPSA) is 124 Å². The van der Waals surface area contributed by atoms with Crippen molar-refractivity contribution in [3.8, 4) is 23.7 Å². The average Bonchev–Trinajstić information content (AvgIpc) is 3.27. The van der Waals surface area contributed by atoms with Crippen molar-refractivity contribution in [1.29, 1.82) is 0 Å². The summed E-state index contributed by atoms with van der Waals surface area (Å²) in [5, 5.41) is 20.7. The van der Waals surface area contributed by atoms with E-state index >= 15 is 0 Å². The second-order valence-corrected chi connectivity index (χ2v) is 7.40. The van der Waals surface area contributed by atoms with Gasteiger partial charge in [-0.15, -0.1) is 0 Å². The third-order valence-corrected chi connectivity index (χ3v) is 4.91. The van der Waals surface area contributed by atoms with Gasteiger partial charge in [-0.05, 0) is 61.1 Å². The minimum atomic E-state index is -1.28. The first-order chi connectivity index (χ1) is 16.0. The van der Waals surface area contributed by atoms with Gasteiger partial charge in [-0.3, -0.25) is 19.7 Å². The lowest BCUT2D eigenvalue weighted by atomic mass is 10.1. The molecular formula is C24H25N3O6. The number of hydroxylamine groups is 1. The Hall–Kier alpha value is -3.60. The van der Waals surface area contributed by atoms with E-state index in [-0.39, 0.29) is 5.56 Å². The summed E-state index contributed by atoms with van der Waals surface area (Å²) in [6.45, 7) is 5.28. The molecule has 1 fully saturated rings. The Morgan fingerprint density at radius 3 is 2.45 bits per heavy atom. The Balaban J connectivity index is 1.55. The molecule has 2 atom stereocenters. The molecule has 3 rings (SSSR count). The molecule has 0 saturated carbocycles. The van der Waals surface area contributed by atoms with Gasteiger partial charge in [0.1, 0.15) is 11.8 Å². The van der Waals surface area contributed by atoms with Gasteiger partial charge in [0.2, 0.25) is 0 Å². The third kappa shape index (κ3) is 7.21. The van der Waals surface area contributed by atoms with Crippen LogP contribution in [0.25, 0.3) is 0 Å². The number of rotatable bonds is 6. The van der Waals surface area contributed by atoms with Gasteiger partial charge >= 0.3 is 0 Å². The van der Waals surface area contributed by atoms with Crippen LogP contribution in [0.3, 0.4) is 0 Å². The summed E-state index contributed by atoms with van der Waals surface area (Å²) in [5.41, 5.74) is 2.33. The van der Waals surface area contributed by atoms with Crippen LogP contribution in [0, 0.1) is 23.7 Å². The molecule has 0 spiro atoms. The zero-order valence-corrected chi connectivity index (χ0v) is 18.1. The minimum absolute atomic E-state index is 0.270. The van der Waals surface area contributed by atoms with Gasteiger partial charge in [0, 0.05) is 24.2 Å². The fourth-order valence-electron chi connectivity index (χ4n) is 3.11. The largest absolute Gasteiger partial charge is 0.451 e. The molecular weight excluding hydrogens is 426 g/mol. The highest BCUT2D eigenvalue weighted by Gasteiger charge is 2.25. The molecule has 9 nitrogen and oxygen atoms in total. The molecule has 2 heterocycles. The molecule has 1 aliphatic rings. The van der Waals surface area contributed by atoms with Gasteiger partial charge in [-0.1, -0.05) is 5.92 Å². The Kier molecular flexibility index (Phi) is 8.64. The first-order valence-electron chi connectivity index (χ1n) is 10.4. The van der Waals surface area contributed by atoms with Crippen molar-refractivity contribution in [2.24, 2.45) is 0 Å². The standard InChI is InChI=1S/C24H25N3O6/c1-17(28)22(24(30)26-31)25-23(29)19-8-6-18(7-9-19)4-2-3-5-20-10-11-21(33-20)16-27-12-14-32-15-13-27/h6-11,17,22,28,31H,12-16H2,1H3,(H,25,29)(H,26,30)/t17-,22+/m1/s1. The lowest BCUT2D eigenvalue weighted by Gasteiger charge is -2.25. The molecule has 4 N–H and O–H groups in total. The van der Waals surface area contributed by atoms with Gasteiger partial charge in [0.15, 0.2) is 5.76 Å². The summed E-state index contributed by atoms with van der Waals surface area (Å²) < 4.78 is 11.1. The Bertz CT molecular complexity index is 1080. The lowest BCUT2D eigenvalue weighted by molar-refractivity contribution is -0.133. The maximum atomic E-state index is 12.3. The number of morpholine rings is 1. The normalized spacial score (nSPS) is 15.2. The van der Waals surface area contributed by atoms with E-state index in [9.17, 15) is 14.7 Å². The minimum Gasteiger partial charge on any atom is -0.451 e. The molecule has 0 bridgehead atoms. The van der Waals surface area contributed by atoms with Crippen molar-refractivity contribution < 1.29 is 29.1 Å². The van der Waals surface area contributed by atoms with E-state index in [1.165, 1.54) is 24.5 Å². The lowest BCUT2D eigenvalue weighted by Crippen LogP contribution is -2.51. The number of aliphatic hydroxyl groups is 1. The Morgan fingerprint density at radius 2 is 1.79 bits per heavy atom. The first kappa shape index (κ1) is 24.1. The number of ether oxygens (including phenoxy) is 1. The van der Waals surface area contributed by atoms with Crippen LogP contribution < -0.4 is 10.8 Å². The van der Waals surface area contributed by atoms with Crippen LogP contribution in [0.2, 0.25) is 0 Å². The molecule has 33 heavy (non-hydrogen) atoms. The molecule has 172 valence electrons. The maximum Gasteiger partial charge on any atom is 0.268 e. The number of nitrogens with one attached hydrogen (secondary N) is 2. The number of hydrogen-bond acceptors (Lipinski definition) is 7. The number of benzene rings is 1. The second kappa shape index (κ2) is 11.9. The molecule has 1 saturated heterocycles. The van der Waals surface area contributed by atoms with Crippen molar-refractivity contribution in [2.45, 2.75) is 25.6 Å². The number of amides is 2. The predicted molar refractivity (Wildman–Crippen MR) is 118 cm³/mol. The molecule has 1 aromatic carbocycles. The van der Waals surface area contributed by atoms with E-state index in [1.54, 1.807) is 12.1 Å². The quantitative estimate of drug-likeness (QED) is 0.286. The Morgan fingerprint density at radius 1 is 1.09 bits per heavy atom. The maximum absolute atomic E-state index is 12.3. The second-order valence-electron chi connectivity index (χ2n) is 7.40. The van der Waals surface area contributed by atoms with E-state index in [1.807, 2.05) is 12.1 Å². The van der Waals surface area contributed by atoms with E-state index in [4.69, 9.17) is 14.4 Å². The van der Waals surface area contributed by atoms with Gasteiger partial charge < -0.3 is 19.6 Å². The van der Waals surface area contributed by atoms with Crippen molar-refractivity contribution in [3.63, 3.8) is 0 Å². The smallest absolute Gasteiger partial charge is 0.268 e. The summed E-state index contributed by atoms with van der Waals surface area (Å²) in [5.74, 6) is 11.1. The predicted octanol–water partition coefficient (Wildman–Crippen LogP) is 0.500. The van der Waals surface area contributed by atoms with Crippen LogP contribution in [-0.4, -0.2) is 65.5 Å². The molecule has 0 aliphatic carbocycles. The number of carbonyl (C=O) groups is 2. The molecule has 9 heteroatoms.